The highest BCUT2D eigenvalue weighted by atomic mass is 16.8. The molecule has 2 heterocycles. The van der Waals surface area contributed by atoms with Gasteiger partial charge in [-0.1, -0.05) is 68.8 Å². The number of ether oxygens (including phenoxy) is 11. The molecule has 3 saturated carbocycles. The van der Waals surface area contributed by atoms with Crippen molar-refractivity contribution in [1.82, 2.24) is 5.32 Å². The number of carbonyl (C=O) groups excluding carboxylic acids is 5. The summed E-state index contributed by atoms with van der Waals surface area (Å²) in [5.74, 6) is -5.39. The maximum Gasteiger partial charge on any atom is 0.509 e. The van der Waals surface area contributed by atoms with Crippen LogP contribution in [0.5, 0.6) is 0 Å². The fourth-order valence-corrected chi connectivity index (χ4v) is 12.6. The SMILES string of the molecule is CO[C@H]1C(=O)[C@]2(C)[C@@H](OC)C[C@H]3OC[C@@]3(OC(C)=O)[C@H]2[C@H](OC(=O)c2ccccc2)C2(O)C[C@H](OC(=O)[C@H](OC(=O)OC[C@H]3COC4(CCCCC4)O3)[C@@H](NC(O)OC(C)(C)C)c3ccccc3)C(C)=C1C2(C)C. The van der Waals surface area contributed by atoms with Crippen molar-refractivity contribution in [1.29, 1.82) is 0 Å². The molecule has 5 fully saturated rings. The Hall–Kier alpha value is -4.83. The average Bonchev–Trinajstić information content (AvgIpc) is 3.74. The second-order valence-corrected chi connectivity index (χ2v) is 22.3. The van der Waals surface area contributed by atoms with Gasteiger partial charge in [-0.05, 0) is 76.3 Å². The normalized spacial score (nSPS) is 33.3. The number of ketones is 1. The first-order valence-corrected chi connectivity index (χ1v) is 25.6. The number of methoxy groups -OCH3 is 2. The van der Waals surface area contributed by atoms with Crippen LogP contribution in [0.1, 0.15) is 122 Å². The van der Waals surface area contributed by atoms with Crippen LogP contribution in [0.15, 0.2) is 71.8 Å². The number of Topliss-reactive ketones (excluding diaryl/α,β-unsaturated/α-hetero) is 1. The number of nitrogens with one attached hydrogen (secondary N) is 1. The molecule has 2 bridgehead atoms. The molecular formula is C55H73NO18. The maximum atomic E-state index is 15.9. The molecule has 2 saturated heterocycles. The number of hydrogen-bond acceptors (Lipinski definition) is 19. The lowest BCUT2D eigenvalue weighted by atomic mass is 9.44. The predicted octanol–water partition coefficient (Wildman–Crippen LogP) is 5.96. The molecule has 0 amide bonds. The van der Waals surface area contributed by atoms with Crippen LogP contribution >= 0.6 is 0 Å². The summed E-state index contributed by atoms with van der Waals surface area (Å²) in [6, 6.07) is 15.1. The van der Waals surface area contributed by atoms with Gasteiger partial charge in [0.1, 0.15) is 42.7 Å². The quantitative estimate of drug-likeness (QED) is 0.0807. The van der Waals surface area contributed by atoms with E-state index >= 15 is 9.59 Å². The summed E-state index contributed by atoms with van der Waals surface area (Å²) in [5.41, 5.74) is -7.06. The van der Waals surface area contributed by atoms with Gasteiger partial charge in [-0.2, -0.15) is 0 Å². The second kappa shape index (κ2) is 21.3. The third-order valence-corrected chi connectivity index (χ3v) is 16.3. The molecule has 1 spiro atoms. The predicted molar refractivity (Wildman–Crippen MR) is 261 cm³/mol. The van der Waals surface area contributed by atoms with Gasteiger partial charge in [0, 0.05) is 52.2 Å². The Bertz CT molecular complexity index is 2420. The van der Waals surface area contributed by atoms with E-state index in [1.807, 2.05) is 0 Å². The number of benzene rings is 2. The molecule has 19 nitrogen and oxygen atoms in total. The van der Waals surface area contributed by atoms with Gasteiger partial charge in [0.05, 0.1) is 47.9 Å². The lowest BCUT2D eigenvalue weighted by Crippen LogP contribution is -2.82. The first-order chi connectivity index (χ1) is 34.9. The van der Waals surface area contributed by atoms with Crippen LogP contribution in [0.2, 0.25) is 0 Å². The summed E-state index contributed by atoms with van der Waals surface area (Å²) < 4.78 is 67.4. The van der Waals surface area contributed by atoms with Crippen LogP contribution in [0, 0.1) is 16.7 Å². The Morgan fingerprint density at radius 1 is 0.919 bits per heavy atom. The van der Waals surface area contributed by atoms with Crippen LogP contribution in [-0.2, 0) is 66.5 Å². The van der Waals surface area contributed by atoms with Crippen molar-refractivity contribution in [3.05, 3.63) is 82.9 Å². The van der Waals surface area contributed by atoms with E-state index in [1.54, 1.807) is 97.0 Å². The molecule has 3 N–H and O–H groups in total. The molecule has 74 heavy (non-hydrogen) atoms. The molecule has 13 atom stereocenters. The maximum absolute atomic E-state index is 15.9. The van der Waals surface area contributed by atoms with Gasteiger partial charge in [0.2, 0.25) is 12.5 Å². The zero-order valence-electron chi connectivity index (χ0n) is 44.0. The number of carbonyl (C=O) groups is 5. The standard InChI is InChI=1S/C55H73NO18/c1-31-36(69-47(60)42(40(33-20-14-11-15-21-33)56-48(61)74-50(3,4)5)70-49(62)66-28-35-29-68-53(73-35)24-18-13-19-25-53)27-55(63)45(71-46(59)34-22-16-12-17-23-34)43-52(8,44(58)41(65-10)39(31)51(55,6)7)37(64-9)26-38-54(43,30-67-38)72-32(2)57/h11-12,14-17,20-23,35-38,40-43,45,48,56,61,63H,13,18-19,24-30H2,1-10H3/t35-,36-,37-,38+,40-,41+,42+,43-,45-,48?,52+,54-,55?/m0/s1. The molecule has 19 heteroatoms. The molecule has 0 aromatic heterocycles. The van der Waals surface area contributed by atoms with Crippen molar-refractivity contribution in [2.75, 3.05) is 34.0 Å². The van der Waals surface area contributed by atoms with Gasteiger partial charge >= 0.3 is 24.1 Å². The summed E-state index contributed by atoms with van der Waals surface area (Å²) in [6.45, 7) is 12.7. The lowest BCUT2D eigenvalue weighted by Gasteiger charge is -2.67. The van der Waals surface area contributed by atoms with Gasteiger partial charge < -0.3 is 62.3 Å². The molecule has 4 aliphatic carbocycles. The number of rotatable bonds is 15. The smallest absolute Gasteiger partial charge is 0.455 e. The van der Waals surface area contributed by atoms with Crippen molar-refractivity contribution in [2.45, 2.75) is 178 Å². The van der Waals surface area contributed by atoms with Crippen LogP contribution in [0.4, 0.5) is 4.79 Å². The van der Waals surface area contributed by atoms with E-state index in [0.717, 1.165) is 19.3 Å². The molecule has 6 aliphatic rings. The largest absolute Gasteiger partial charge is 0.509 e. The van der Waals surface area contributed by atoms with Crippen molar-refractivity contribution >= 4 is 29.8 Å². The summed E-state index contributed by atoms with van der Waals surface area (Å²) in [6.07, 6.45) is -8.00. The molecule has 406 valence electrons. The highest BCUT2D eigenvalue weighted by molar-refractivity contribution is 5.94. The van der Waals surface area contributed by atoms with Gasteiger partial charge in [0.25, 0.3) is 0 Å². The molecule has 0 radical (unpaired) electrons. The number of aliphatic hydroxyl groups excluding tert-OH is 1. The van der Waals surface area contributed by atoms with Crippen LogP contribution < -0.4 is 5.32 Å². The Kier molecular flexibility index (Phi) is 15.9. The molecule has 2 aromatic rings. The molecular weight excluding hydrogens is 963 g/mol. The van der Waals surface area contributed by atoms with E-state index < -0.39 is 131 Å². The van der Waals surface area contributed by atoms with E-state index in [2.05, 4.69) is 5.32 Å². The number of fused-ring (bicyclic) bond motifs is 5. The van der Waals surface area contributed by atoms with E-state index in [9.17, 15) is 24.6 Å². The molecule has 2 aromatic carbocycles. The third-order valence-electron chi connectivity index (χ3n) is 16.3. The Labute approximate surface area is 432 Å². The summed E-state index contributed by atoms with van der Waals surface area (Å²) in [7, 11) is 2.78. The Balaban J connectivity index is 1.22. The summed E-state index contributed by atoms with van der Waals surface area (Å²) >= 11 is 0. The van der Waals surface area contributed by atoms with Crippen LogP contribution in [0.25, 0.3) is 0 Å². The number of esters is 3. The summed E-state index contributed by atoms with van der Waals surface area (Å²) in [4.78, 5) is 73.0. The highest BCUT2D eigenvalue weighted by Gasteiger charge is 2.78. The minimum absolute atomic E-state index is 0.0938. The van der Waals surface area contributed by atoms with Gasteiger partial charge in [0.15, 0.2) is 17.2 Å². The van der Waals surface area contributed by atoms with E-state index in [0.29, 0.717) is 24.0 Å². The van der Waals surface area contributed by atoms with Gasteiger partial charge in [-0.25, -0.2) is 14.4 Å². The van der Waals surface area contributed by atoms with Crippen molar-refractivity contribution in [2.24, 2.45) is 16.7 Å². The zero-order chi connectivity index (χ0) is 53.6. The van der Waals surface area contributed by atoms with E-state index in [1.165, 1.54) is 33.3 Å². The lowest BCUT2D eigenvalue weighted by molar-refractivity contribution is -0.347. The van der Waals surface area contributed by atoms with E-state index in [-0.39, 0.29) is 37.4 Å². The monoisotopic (exact) mass is 1040 g/mol. The zero-order valence-corrected chi connectivity index (χ0v) is 44.0. The van der Waals surface area contributed by atoms with Gasteiger partial charge in [-0.15, -0.1) is 0 Å². The second-order valence-electron chi connectivity index (χ2n) is 22.3. The highest BCUT2D eigenvalue weighted by Crippen LogP contribution is 2.65. The Morgan fingerprint density at radius 3 is 2.18 bits per heavy atom. The van der Waals surface area contributed by atoms with Crippen LogP contribution in [0.3, 0.4) is 0 Å². The molecule has 2 unspecified atom stereocenters. The van der Waals surface area contributed by atoms with Crippen LogP contribution in [-0.4, -0.2) is 146 Å². The first-order valence-electron chi connectivity index (χ1n) is 25.6. The number of hydrogen-bond donors (Lipinski definition) is 3. The summed E-state index contributed by atoms with van der Waals surface area (Å²) in [5, 5.41) is 28.3. The van der Waals surface area contributed by atoms with Crippen molar-refractivity contribution in [3.8, 4) is 0 Å². The topological polar surface area (TPSA) is 239 Å². The third kappa shape index (κ3) is 10.3. The minimum Gasteiger partial charge on any atom is -0.455 e. The molecule has 8 rings (SSSR count). The number of aliphatic hydroxyl groups is 2. The van der Waals surface area contributed by atoms with Crippen molar-refractivity contribution in [3.63, 3.8) is 0 Å². The van der Waals surface area contributed by atoms with E-state index in [4.69, 9.17) is 52.1 Å². The fourth-order valence-electron chi connectivity index (χ4n) is 12.6. The Morgan fingerprint density at radius 2 is 1.58 bits per heavy atom. The van der Waals surface area contributed by atoms with Crippen molar-refractivity contribution < 1.29 is 86.3 Å². The average molecular weight is 1040 g/mol. The molecule has 2 aliphatic heterocycles. The fraction of sp³-hybridized carbons (Fsp3) is 0.655. The minimum atomic E-state index is -2.30. The first kappa shape index (κ1) is 55.4. The van der Waals surface area contributed by atoms with Gasteiger partial charge in [-0.3, -0.25) is 14.9 Å².